The normalized spacial score (nSPS) is 18.3. The van der Waals surface area contributed by atoms with E-state index in [9.17, 15) is 4.79 Å². The van der Waals surface area contributed by atoms with Gasteiger partial charge < -0.3 is 9.47 Å². The molecule has 0 N–H and O–H groups in total. The van der Waals surface area contributed by atoms with Gasteiger partial charge in [-0.05, 0) is 19.3 Å². The lowest BCUT2D eigenvalue weighted by atomic mass is 9.97. The largest absolute Gasteiger partial charge is 0.342 e. The Morgan fingerprint density at radius 2 is 1.85 bits per heavy atom. The third-order valence-corrected chi connectivity index (χ3v) is 6.08. The Morgan fingerprint density at radius 1 is 1.12 bits per heavy atom. The first-order chi connectivity index (χ1) is 12.7. The molecule has 1 saturated carbocycles. The molecule has 0 spiro atoms. The van der Waals surface area contributed by atoms with Gasteiger partial charge in [-0.2, -0.15) is 0 Å². The zero-order chi connectivity index (χ0) is 17.9. The molecule has 138 valence electrons. The second-order valence-electron chi connectivity index (χ2n) is 8.05. The molecule has 4 nitrogen and oxygen atoms in total. The van der Waals surface area contributed by atoms with Crippen LogP contribution in [-0.4, -0.2) is 33.4 Å². The van der Waals surface area contributed by atoms with E-state index in [-0.39, 0.29) is 0 Å². The van der Waals surface area contributed by atoms with E-state index in [1.54, 1.807) is 0 Å². The number of nitrogens with zero attached hydrogens (tertiary/aromatic N) is 3. The number of imidazole rings is 1. The van der Waals surface area contributed by atoms with Gasteiger partial charge in [-0.3, -0.25) is 4.79 Å². The van der Waals surface area contributed by atoms with Crippen LogP contribution in [0.3, 0.4) is 0 Å². The highest BCUT2D eigenvalue weighted by Crippen LogP contribution is 2.30. The molecular formula is C22H29N3O. The van der Waals surface area contributed by atoms with Crippen molar-refractivity contribution in [2.75, 3.05) is 13.1 Å². The molecule has 1 amide bonds. The van der Waals surface area contributed by atoms with Gasteiger partial charge in [0.2, 0.25) is 5.91 Å². The maximum Gasteiger partial charge on any atom is 0.222 e. The van der Waals surface area contributed by atoms with E-state index in [1.807, 2.05) is 17.2 Å². The topological polar surface area (TPSA) is 38.1 Å². The first-order valence-electron chi connectivity index (χ1n) is 10.1. The molecule has 1 aromatic heterocycles. The maximum absolute atomic E-state index is 12.4. The zero-order valence-corrected chi connectivity index (χ0v) is 15.7. The summed E-state index contributed by atoms with van der Waals surface area (Å²) in [6.45, 7) is 4.86. The molecule has 2 aliphatic rings. The fraction of sp³-hybridized carbons (Fsp3) is 0.545. The number of hydrogen-bond acceptors (Lipinski definition) is 2. The molecule has 4 rings (SSSR count). The second-order valence-corrected chi connectivity index (χ2v) is 8.05. The van der Waals surface area contributed by atoms with Crippen molar-refractivity contribution in [3.8, 4) is 11.4 Å². The third kappa shape index (κ3) is 3.69. The van der Waals surface area contributed by atoms with Crippen LogP contribution < -0.4 is 0 Å². The molecule has 4 heteroatoms. The van der Waals surface area contributed by atoms with Crippen molar-refractivity contribution in [3.05, 3.63) is 42.2 Å². The first kappa shape index (κ1) is 17.3. The number of aryl methyl sites for hydroxylation is 1. The Morgan fingerprint density at radius 3 is 2.58 bits per heavy atom. The molecule has 1 aliphatic carbocycles. The molecule has 1 aliphatic heterocycles. The van der Waals surface area contributed by atoms with Crippen molar-refractivity contribution in [3.63, 3.8) is 0 Å². The van der Waals surface area contributed by atoms with Gasteiger partial charge in [0.1, 0.15) is 5.82 Å². The van der Waals surface area contributed by atoms with Gasteiger partial charge in [0, 0.05) is 49.4 Å². The number of likely N-dealkylation sites (tertiary alicyclic amines) is 1. The molecule has 2 fully saturated rings. The van der Waals surface area contributed by atoms with Gasteiger partial charge in [0.25, 0.3) is 0 Å². The van der Waals surface area contributed by atoms with E-state index in [4.69, 9.17) is 0 Å². The van der Waals surface area contributed by atoms with Crippen LogP contribution in [0.5, 0.6) is 0 Å². The van der Waals surface area contributed by atoms with E-state index < -0.39 is 0 Å². The fourth-order valence-electron chi connectivity index (χ4n) is 4.44. The van der Waals surface area contributed by atoms with Crippen molar-refractivity contribution in [2.45, 2.75) is 52.0 Å². The van der Waals surface area contributed by atoms with Crippen molar-refractivity contribution in [1.82, 2.24) is 14.5 Å². The summed E-state index contributed by atoms with van der Waals surface area (Å²) in [5.41, 5.74) is 2.35. The molecule has 2 heterocycles. The molecule has 1 saturated heterocycles. The van der Waals surface area contributed by atoms with E-state index in [0.717, 1.165) is 49.8 Å². The Kier molecular flexibility index (Phi) is 5.09. The number of benzene rings is 1. The van der Waals surface area contributed by atoms with E-state index in [2.05, 4.69) is 40.7 Å². The number of aromatic nitrogens is 2. The lowest BCUT2D eigenvalue weighted by Crippen LogP contribution is -2.51. The molecule has 0 radical (unpaired) electrons. The predicted molar refractivity (Wildman–Crippen MR) is 104 cm³/mol. The lowest BCUT2D eigenvalue weighted by Gasteiger charge is -2.40. The van der Waals surface area contributed by atoms with Gasteiger partial charge in [-0.1, -0.05) is 56.0 Å². The Balaban J connectivity index is 1.30. The highest BCUT2D eigenvalue weighted by atomic mass is 16.2. The minimum atomic E-state index is 0.360. The number of amides is 1. The third-order valence-electron chi connectivity index (χ3n) is 6.08. The Bertz CT molecular complexity index is 740. The summed E-state index contributed by atoms with van der Waals surface area (Å²) in [6, 6.07) is 10.4. The van der Waals surface area contributed by atoms with Crippen LogP contribution in [0.25, 0.3) is 11.4 Å². The van der Waals surface area contributed by atoms with E-state index >= 15 is 0 Å². The minimum absolute atomic E-state index is 0.360. The van der Waals surface area contributed by atoms with Crippen molar-refractivity contribution >= 4 is 5.91 Å². The van der Waals surface area contributed by atoms with Crippen LogP contribution in [0.4, 0.5) is 0 Å². The minimum Gasteiger partial charge on any atom is -0.342 e. The molecule has 1 aromatic carbocycles. The van der Waals surface area contributed by atoms with Gasteiger partial charge in [-0.25, -0.2) is 4.98 Å². The predicted octanol–water partition coefficient (Wildman–Crippen LogP) is 4.29. The summed E-state index contributed by atoms with van der Waals surface area (Å²) < 4.78 is 2.31. The van der Waals surface area contributed by atoms with Gasteiger partial charge in [-0.15, -0.1) is 0 Å². The summed E-state index contributed by atoms with van der Waals surface area (Å²) in [7, 11) is 0. The van der Waals surface area contributed by atoms with E-state index in [0.29, 0.717) is 11.8 Å². The zero-order valence-electron chi connectivity index (χ0n) is 15.7. The highest BCUT2D eigenvalue weighted by Gasteiger charge is 2.31. The van der Waals surface area contributed by atoms with Crippen molar-refractivity contribution in [1.29, 1.82) is 0 Å². The summed E-state index contributed by atoms with van der Waals surface area (Å²) in [4.78, 5) is 19.0. The maximum atomic E-state index is 12.4. The molecule has 26 heavy (non-hydrogen) atoms. The van der Waals surface area contributed by atoms with Crippen LogP contribution in [0, 0.1) is 18.8 Å². The monoisotopic (exact) mass is 351 g/mol. The molecule has 2 aromatic rings. The van der Waals surface area contributed by atoms with Gasteiger partial charge >= 0.3 is 0 Å². The first-order valence-corrected chi connectivity index (χ1v) is 10.1. The number of hydrogen-bond donors (Lipinski definition) is 0. The summed E-state index contributed by atoms with van der Waals surface area (Å²) in [5.74, 6) is 2.74. The van der Waals surface area contributed by atoms with Crippen LogP contribution in [0.2, 0.25) is 0 Å². The number of carbonyl (C=O) groups excluding carboxylic acids is 1. The van der Waals surface area contributed by atoms with Gasteiger partial charge in [0.15, 0.2) is 0 Å². The van der Waals surface area contributed by atoms with Gasteiger partial charge in [0.05, 0.1) is 0 Å². The van der Waals surface area contributed by atoms with Crippen molar-refractivity contribution in [2.24, 2.45) is 11.8 Å². The Hall–Kier alpha value is -2.10. The Labute approximate surface area is 156 Å². The van der Waals surface area contributed by atoms with Crippen LogP contribution in [-0.2, 0) is 11.3 Å². The van der Waals surface area contributed by atoms with Crippen LogP contribution >= 0.6 is 0 Å². The molecule has 0 unspecified atom stereocenters. The molecule has 0 atom stereocenters. The fourth-order valence-corrected chi connectivity index (χ4v) is 4.44. The number of carbonyl (C=O) groups is 1. The average Bonchev–Trinajstić information content (AvgIpc) is 3.26. The lowest BCUT2D eigenvalue weighted by molar-refractivity contribution is -0.138. The summed E-state index contributed by atoms with van der Waals surface area (Å²) in [6.07, 6.45) is 9.18. The quantitative estimate of drug-likeness (QED) is 0.779. The van der Waals surface area contributed by atoms with Crippen LogP contribution in [0.15, 0.2) is 36.5 Å². The summed E-state index contributed by atoms with van der Waals surface area (Å²) in [5, 5.41) is 0. The average molecular weight is 351 g/mol. The summed E-state index contributed by atoms with van der Waals surface area (Å²) >= 11 is 0. The number of rotatable bonds is 6. The SMILES string of the molecule is Cc1cnc(-c2ccccc2)n1CC1CN(C(=O)CCC2CCCC2)C1. The van der Waals surface area contributed by atoms with Crippen molar-refractivity contribution < 1.29 is 4.79 Å². The highest BCUT2D eigenvalue weighted by molar-refractivity contribution is 5.77. The van der Waals surface area contributed by atoms with Crippen LogP contribution in [0.1, 0.15) is 44.2 Å². The molecule has 0 bridgehead atoms. The standard InChI is InChI=1S/C22H29N3O/c1-17-13-23-22(20-9-3-2-4-10-20)25(17)16-19-14-24(15-19)21(26)12-11-18-7-5-6-8-18/h2-4,9-10,13,18-19H,5-8,11-12,14-16H2,1H3. The molecular weight excluding hydrogens is 322 g/mol. The van der Waals surface area contributed by atoms with E-state index in [1.165, 1.54) is 31.4 Å². The second kappa shape index (κ2) is 7.65. The smallest absolute Gasteiger partial charge is 0.222 e.